The summed E-state index contributed by atoms with van der Waals surface area (Å²) >= 11 is 6.00. The first-order valence-electron chi connectivity index (χ1n) is 8.23. The molecule has 0 unspecified atom stereocenters. The molecule has 0 aliphatic carbocycles. The largest absolute Gasteiger partial charge is 0.312 e. The van der Waals surface area contributed by atoms with Crippen LogP contribution in [0.4, 0.5) is 0 Å². The maximum Gasteiger partial charge on any atom is 0.160 e. The molecule has 0 saturated carbocycles. The molecule has 0 aliphatic heterocycles. The Hall–Kier alpha value is -1.09. The molecule has 21 heavy (non-hydrogen) atoms. The lowest BCUT2D eigenvalue weighted by molar-refractivity contribution is 0.542. The van der Waals surface area contributed by atoms with Gasteiger partial charge in [-0.2, -0.15) is 0 Å². The minimum Gasteiger partial charge on any atom is -0.312 e. The van der Waals surface area contributed by atoms with Gasteiger partial charge in [0.15, 0.2) is 5.65 Å². The minimum atomic E-state index is 0.452. The Bertz CT molecular complexity index is 536. The van der Waals surface area contributed by atoms with Crippen LogP contribution < -0.4 is 0 Å². The molecule has 0 saturated heterocycles. The molecule has 0 bridgehead atoms. The second-order valence-corrected chi connectivity index (χ2v) is 5.90. The molecular formula is C17H26ClN3. The van der Waals surface area contributed by atoms with Gasteiger partial charge in [0.05, 0.1) is 5.88 Å². The molecule has 116 valence electrons. The normalized spacial score (nSPS) is 11.3. The average molecular weight is 308 g/mol. The molecule has 0 radical (unpaired) electrons. The van der Waals surface area contributed by atoms with Crippen molar-refractivity contribution in [1.29, 1.82) is 0 Å². The average Bonchev–Trinajstić information content (AvgIpc) is 2.88. The van der Waals surface area contributed by atoms with Crippen LogP contribution in [-0.4, -0.2) is 14.5 Å². The predicted molar refractivity (Wildman–Crippen MR) is 89.7 cm³/mol. The first kappa shape index (κ1) is 16.3. The number of hydrogen-bond acceptors (Lipinski definition) is 2. The van der Waals surface area contributed by atoms with Gasteiger partial charge >= 0.3 is 0 Å². The van der Waals surface area contributed by atoms with E-state index in [2.05, 4.69) is 21.5 Å². The van der Waals surface area contributed by atoms with Gasteiger partial charge < -0.3 is 4.57 Å². The minimum absolute atomic E-state index is 0.452. The van der Waals surface area contributed by atoms with E-state index in [4.69, 9.17) is 11.6 Å². The van der Waals surface area contributed by atoms with Crippen LogP contribution in [0.5, 0.6) is 0 Å². The molecule has 0 N–H and O–H groups in total. The van der Waals surface area contributed by atoms with Crippen molar-refractivity contribution in [2.45, 2.75) is 70.7 Å². The number of rotatable bonds is 10. The van der Waals surface area contributed by atoms with E-state index in [0.29, 0.717) is 5.88 Å². The number of hydrogen-bond donors (Lipinski definition) is 0. The highest BCUT2D eigenvalue weighted by Gasteiger charge is 2.09. The van der Waals surface area contributed by atoms with Gasteiger partial charge in [-0.3, -0.25) is 0 Å². The first-order valence-corrected chi connectivity index (χ1v) is 8.76. The number of imidazole rings is 1. The van der Waals surface area contributed by atoms with Gasteiger partial charge in [-0.15, -0.1) is 11.6 Å². The van der Waals surface area contributed by atoms with Gasteiger partial charge in [-0.05, 0) is 18.6 Å². The molecule has 3 nitrogen and oxygen atoms in total. The number of fused-ring (bicyclic) bond motifs is 1. The van der Waals surface area contributed by atoms with Crippen LogP contribution in [0.15, 0.2) is 18.3 Å². The molecule has 4 heteroatoms. The van der Waals surface area contributed by atoms with Gasteiger partial charge in [0.25, 0.3) is 0 Å². The van der Waals surface area contributed by atoms with Crippen molar-refractivity contribution in [2.75, 3.05) is 0 Å². The van der Waals surface area contributed by atoms with Gasteiger partial charge in [-0.1, -0.05) is 51.9 Å². The van der Waals surface area contributed by atoms with Crippen LogP contribution >= 0.6 is 11.6 Å². The summed E-state index contributed by atoms with van der Waals surface area (Å²) in [5.74, 6) is 1.39. The van der Waals surface area contributed by atoms with Crippen LogP contribution in [0, 0.1) is 0 Å². The Kier molecular flexibility index (Phi) is 7.01. The molecular weight excluding hydrogens is 282 g/mol. The van der Waals surface area contributed by atoms with E-state index in [9.17, 15) is 0 Å². The molecule has 0 aliphatic rings. The molecule has 0 aromatic carbocycles. The van der Waals surface area contributed by atoms with E-state index in [1.54, 1.807) is 0 Å². The van der Waals surface area contributed by atoms with E-state index >= 15 is 0 Å². The quantitative estimate of drug-likeness (QED) is 0.440. The summed E-state index contributed by atoms with van der Waals surface area (Å²) in [5.41, 5.74) is 1.92. The van der Waals surface area contributed by atoms with Gasteiger partial charge in [0.1, 0.15) is 11.3 Å². The molecule has 2 heterocycles. The highest BCUT2D eigenvalue weighted by atomic mass is 35.5. The third kappa shape index (κ3) is 4.70. The zero-order valence-electron chi connectivity index (χ0n) is 13.0. The maximum atomic E-state index is 6.00. The lowest BCUT2D eigenvalue weighted by Crippen LogP contribution is -2.03. The summed E-state index contributed by atoms with van der Waals surface area (Å²) in [5, 5.41) is 0. The Labute approximate surface area is 132 Å². The fourth-order valence-corrected chi connectivity index (χ4v) is 2.95. The van der Waals surface area contributed by atoms with Crippen LogP contribution in [0.25, 0.3) is 11.2 Å². The summed E-state index contributed by atoms with van der Waals surface area (Å²) in [6, 6.07) is 3.93. The molecule has 2 aromatic heterocycles. The zero-order valence-corrected chi connectivity index (χ0v) is 13.8. The van der Waals surface area contributed by atoms with Crippen LogP contribution in [-0.2, 0) is 12.4 Å². The lowest BCUT2D eigenvalue weighted by atomic mass is 10.1. The van der Waals surface area contributed by atoms with Gasteiger partial charge in [0, 0.05) is 12.7 Å². The second-order valence-electron chi connectivity index (χ2n) is 5.63. The number of alkyl halides is 1. The third-order valence-electron chi connectivity index (χ3n) is 3.94. The van der Waals surface area contributed by atoms with E-state index in [-0.39, 0.29) is 0 Å². The SMILES string of the molecule is CCCCCCCCCCn1c(CCl)nc2cccnc21. The van der Waals surface area contributed by atoms with Crippen LogP contribution in [0.1, 0.15) is 64.1 Å². The van der Waals surface area contributed by atoms with E-state index in [1.165, 1.54) is 51.4 Å². The third-order valence-corrected chi connectivity index (χ3v) is 4.18. The van der Waals surface area contributed by atoms with Crippen molar-refractivity contribution in [3.8, 4) is 0 Å². The van der Waals surface area contributed by atoms with Gasteiger partial charge in [0.2, 0.25) is 0 Å². The molecule has 2 aromatic rings. The molecule has 0 atom stereocenters. The Morgan fingerprint density at radius 1 is 1.05 bits per heavy atom. The monoisotopic (exact) mass is 307 g/mol. The molecule has 2 rings (SSSR count). The number of halogens is 1. The zero-order chi connectivity index (χ0) is 14.9. The van der Waals surface area contributed by atoms with Crippen LogP contribution in [0.3, 0.4) is 0 Å². The topological polar surface area (TPSA) is 30.7 Å². The van der Waals surface area contributed by atoms with Gasteiger partial charge in [-0.25, -0.2) is 9.97 Å². The molecule has 0 spiro atoms. The van der Waals surface area contributed by atoms with Crippen molar-refractivity contribution in [3.05, 3.63) is 24.2 Å². The smallest absolute Gasteiger partial charge is 0.160 e. The predicted octanol–water partition coefficient (Wildman–Crippen LogP) is 5.31. The number of aromatic nitrogens is 3. The summed E-state index contributed by atoms with van der Waals surface area (Å²) in [6.45, 7) is 3.24. The second kappa shape index (κ2) is 9.04. The summed E-state index contributed by atoms with van der Waals surface area (Å²) in [7, 11) is 0. The number of unbranched alkanes of at least 4 members (excludes halogenated alkanes) is 7. The Morgan fingerprint density at radius 2 is 1.76 bits per heavy atom. The standard InChI is InChI=1S/C17H26ClN3/c1-2-3-4-5-6-7-8-9-13-21-16(14-18)20-15-11-10-12-19-17(15)21/h10-12H,2-9,13-14H2,1H3. The summed E-state index contributed by atoms with van der Waals surface area (Å²) in [6.07, 6.45) is 12.5. The fourth-order valence-electron chi connectivity index (χ4n) is 2.75. The van der Waals surface area contributed by atoms with E-state index < -0.39 is 0 Å². The van der Waals surface area contributed by atoms with Crippen molar-refractivity contribution in [1.82, 2.24) is 14.5 Å². The van der Waals surface area contributed by atoms with Crippen molar-refractivity contribution in [3.63, 3.8) is 0 Å². The van der Waals surface area contributed by atoms with Crippen molar-refractivity contribution >= 4 is 22.8 Å². The fraction of sp³-hybridized carbons (Fsp3) is 0.647. The Morgan fingerprint density at radius 3 is 2.48 bits per heavy atom. The van der Waals surface area contributed by atoms with Crippen molar-refractivity contribution < 1.29 is 0 Å². The lowest BCUT2D eigenvalue weighted by Gasteiger charge is -2.07. The number of pyridine rings is 1. The Balaban J connectivity index is 1.78. The highest BCUT2D eigenvalue weighted by Crippen LogP contribution is 2.17. The molecule has 0 fully saturated rings. The summed E-state index contributed by atoms with van der Waals surface area (Å²) in [4.78, 5) is 8.99. The van der Waals surface area contributed by atoms with Crippen molar-refractivity contribution in [2.24, 2.45) is 0 Å². The maximum absolute atomic E-state index is 6.00. The van der Waals surface area contributed by atoms with E-state index in [1.807, 2.05) is 18.3 Å². The summed E-state index contributed by atoms with van der Waals surface area (Å²) < 4.78 is 2.18. The first-order chi connectivity index (χ1) is 10.4. The number of nitrogens with zero attached hydrogens (tertiary/aromatic N) is 3. The molecule has 0 amide bonds. The van der Waals surface area contributed by atoms with E-state index in [0.717, 1.165) is 23.5 Å². The number of aryl methyl sites for hydroxylation is 1. The highest BCUT2D eigenvalue weighted by molar-refractivity contribution is 6.16. The van der Waals surface area contributed by atoms with Crippen LogP contribution in [0.2, 0.25) is 0 Å².